The average molecular weight is 418 g/mol. The Labute approximate surface area is 167 Å². The minimum atomic E-state index is -3.02. The maximum atomic E-state index is 12.6. The van der Waals surface area contributed by atoms with Gasteiger partial charge in [-0.2, -0.15) is 8.78 Å². The van der Waals surface area contributed by atoms with Gasteiger partial charge in [0.15, 0.2) is 5.69 Å². The second kappa shape index (κ2) is 9.65. The molecule has 154 valence electrons. The van der Waals surface area contributed by atoms with Crippen LogP contribution in [0.4, 0.5) is 14.5 Å². The van der Waals surface area contributed by atoms with Crippen LogP contribution in [0.25, 0.3) is 0 Å². The fraction of sp³-hybridized carbons (Fsp3) is 0.471. The van der Waals surface area contributed by atoms with Crippen LogP contribution in [-0.2, 0) is 0 Å². The summed E-state index contributed by atoms with van der Waals surface area (Å²) in [5, 5.41) is 13.9. The molecule has 0 radical (unpaired) electrons. The first-order valence-electron chi connectivity index (χ1n) is 8.56. The molecule has 2 aromatic rings. The van der Waals surface area contributed by atoms with Gasteiger partial charge in [-0.05, 0) is 45.0 Å². The number of anilines is 1. The van der Waals surface area contributed by atoms with E-state index in [4.69, 9.17) is 4.74 Å². The fourth-order valence-corrected chi connectivity index (χ4v) is 3.06. The molecule has 1 aromatic carbocycles. The highest BCUT2D eigenvalue weighted by molar-refractivity contribution is 6.04. The molecule has 1 saturated heterocycles. The SMILES string of the molecule is COc1ccc(OC(F)F)c(NC(=O)c2nnn(C3CCNCC3)c2C)c1.Cl. The van der Waals surface area contributed by atoms with E-state index in [2.05, 4.69) is 25.7 Å². The van der Waals surface area contributed by atoms with E-state index in [0.717, 1.165) is 25.9 Å². The molecule has 0 aliphatic carbocycles. The number of amides is 1. The molecule has 0 bridgehead atoms. The Balaban J connectivity index is 0.00000280. The number of aromatic nitrogens is 3. The molecule has 1 aliphatic rings. The highest BCUT2D eigenvalue weighted by atomic mass is 35.5. The standard InChI is InChI=1S/C17H21F2N5O3.ClH/c1-10-15(22-23-24(10)11-5-7-20-8-6-11)16(25)21-13-9-12(26-2)3-4-14(13)27-17(18)19;/h3-4,9,11,17,20H,5-8H2,1-2H3,(H,21,25);1H. The lowest BCUT2D eigenvalue weighted by Gasteiger charge is -2.23. The van der Waals surface area contributed by atoms with Crippen molar-refractivity contribution >= 4 is 24.0 Å². The molecular formula is C17H22ClF2N5O3. The van der Waals surface area contributed by atoms with E-state index in [-0.39, 0.29) is 35.6 Å². The Kier molecular flexibility index (Phi) is 7.53. The van der Waals surface area contributed by atoms with E-state index in [0.29, 0.717) is 11.4 Å². The maximum absolute atomic E-state index is 12.6. The molecule has 8 nitrogen and oxygen atoms in total. The molecule has 2 heterocycles. The second-order valence-electron chi connectivity index (χ2n) is 6.14. The summed E-state index contributed by atoms with van der Waals surface area (Å²) < 4.78 is 36.5. The van der Waals surface area contributed by atoms with E-state index >= 15 is 0 Å². The number of carbonyl (C=O) groups excluding carboxylic acids is 1. The van der Waals surface area contributed by atoms with Gasteiger partial charge in [-0.1, -0.05) is 5.21 Å². The van der Waals surface area contributed by atoms with Crippen LogP contribution in [0.15, 0.2) is 18.2 Å². The molecule has 11 heteroatoms. The quantitative estimate of drug-likeness (QED) is 0.751. The highest BCUT2D eigenvalue weighted by Gasteiger charge is 2.24. The lowest BCUT2D eigenvalue weighted by atomic mass is 10.1. The van der Waals surface area contributed by atoms with Crippen molar-refractivity contribution in [2.75, 3.05) is 25.5 Å². The van der Waals surface area contributed by atoms with Gasteiger partial charge < -0.3 is 20.1 Å². The van der Waals surface area contributed by atoms with Gasteiger partial charge in [-0.25, -0.2) is 4.68 Å². The molecular weight excluding hydrogens is 396 g/mol. The number of nitrogens with one attached hydrogen (secondary N) is 2. The summed E-state index contributed by atoms with van der Waals surface area (Å²) >= 11 is 0. The number of piperidine rings is 1. The monoisotopic (exact) mass is 417 g/mol. The van der Waals surface area contributed by atoms with Crippen LogP contribution in [0.2, 0.25) is 0 Å². The first-order valence-corrected chi connectivity index (χ1v) is 8.56. The largest absolute Gasteiger partial charge is 0.497 e. The zero-order chi connectivity index (χ0) is 19.4. The summed E-state index contributed by atoms with van der Waals surface area (Å²) in [6, 6.07) is 4.35. The minimum Gasteiger partial charge on any atom is -0.497 e. The summed E-state index contributed by atoms with van der Waals surface area (Å²) in [6.45, 7) is 0.503. The Bertz CT molecular complexity index is 812. The summed E-state index contributed by atoms with van der Waals surface area (Å²) in [5.74, 6) is -0.329. The Morgan fingerprint density at radius 3 is 2.71 bits per heavy atom. The average Bonchev–Trinajstić information content (AvgIpc) is 3.05. The van der Waals surface area contributed by atoms with Gasteiger partial charge in [0.25, 0.3) is 5.91 Å². The highest BCUT2D eigenvalue weighted by Crippen LogP contribution is 2.31. The molecule has 0 saturated carbocycles. The number of hydrogen-bond donors (Lipinski definition) is 2. The molecule has 1 aliphatic heterocycles. The molecule has 1 aromatic heterocycles. The number of halogens is 3. The third-order valence-electron chi connectivity index (χ3n) is 4.45. The molecule has 0 atom stereocenters. The molecule has 1 fully saturated rings. The van der Waals surface area contributed by atoms with E-state index in [1.807, 2.05) is 0 Å². The summed E-state index contributed by atoms with van der Waals surface area (Å²) in [4.78, 5) is 12.6. The fourth-order valence-electron chi connectivity index (χ4n) is 3.06. The zero-order valence-corrected chi connectivity index (χ0v) is 16.3. The number of alkyl halides is 2. The molecule has 2 N–H and O–H groups in total. The van der Waals surface area contributed by atoms with Gasteiger partial charge in [0.1, 0.15) is 11.5 Å². The van der Waals surface area contributed by atoms with Gasteiger partial charge in [-0.15, -0.1) is 17.5 Å². The Morgan fingerprint density at radius 2 is 2.07 bits per heavy atom. The summed E-state index contributed by atoms with van der Waals surface area (Å²) in [7, 11) is 1.43. The van der Waals surface area contributed by atoms with Crippen molar-refractivity contribution in [3.8, 4) is 11.5 Å². The van der Waals surface area contributed by atoms with Crippen LogP contribution in [0.5, 0.6) is 11.5 Å². The molecule has 1 amide bonds. The number of ether oxygens (including phenoxy) is 2. The number of rotatable bonds is 6. The van der Waals surface area contributed by atoms with Crippen molar-refractivity contribution in [2.45, 2.75) is 32.4 Å². The van der Waals surface area contributed by atoms with Gasteiger partial charge in [-0.3, -0.25) is 4.79 Å². The first kappa shape index (κ1) is 21.8. The molecule has 0 unspecified atom stereocenters. The van der Waals surface area contributed by atoms with E-state index in [1.165, 1.54) is 25.3 Å². The molecule has 3 rings (SSSR count). The van der Waals surface area contributed by atoms with E-state index < -0.39 is 12.5 Å². The number of carbonyl (C=O) groups is 1. The van der Waals surface area contributed by atoms with Gasteiger partial charge in [0.05, 0.1) is 24.5 Å². The minimum absolute atomic E-state index is 0. The second-order valence-corrected chi connectivity index (χ2v) is 6.14. The summed E-state index contributed by atoms with van der Waals surface area (Å²) in [5.41, 5.74) is 0.827. The van der Waals surface area contributed by atoms with Crippen LogP contribution >= 0.6 is 12.4 Å². The van der Waals surface area contributed by atoms with Gasteiger partial charge in [0, 0.05) is 6.07 Å². The first-order chi connectivity index (χ1) is 13.0. The number of benzene rings is 1. The van der Waals surface area contributed by atoms with Crippen molar-refractivity contribution in [1.82, 2.24) is 20.3 Å². The van der Waals surface area contributed by atoms with Crippen molar-refractivity contribution in [3.63, 3.8) is 0 Å². The smallest absolute Gasteiger partial charge is 0.387 e. The number of hydrogen-bond acceptors (Lipinski definition) is 6. The third-order valence-corrected chi connectivity index (χ3v) is 4.45. The zero-order valence-electron chi connectivity index (χ0n) is 15.4. The lowest BCUT2D eigenvalue weighted by Crippen LogP contribution is -2.30. The van der Waals surface area contributed by atoms with Gasteiger partial charge in [0.2, 0.25) is 0 Å². The topological polar surface area (TPSA) is 90.3 Å². The van der Waals surface area contributed by atoms with Crippen LogP contribution in [-0.4, -0.2) is 47.7 Å². The van der Waals surface area contributed by atoms with E-state index in [1.54, 1.807) is 11.6 Å². The molecule has 28 heavy (non-hydrogen) atoms. The maximum Gasteiger partial charge on any atom is 0.387 e. The Hall–Kier alpha value is -2.46. The predicted octanol–water partition coefficient (Wildman–Crippen LogP) is 2.80. The van der Waals surface area contributed by atoms with Crippen molar-refractivity contribution in [2.24, 2.45) is 0 Å². The normalized spacial score (nSPS) is 14.5. The van der Waals surface area contributed by atoms with Crippen LogP contribution in [0, 0.1) is 6.92 Å². The van der Waals surface area contributed by atoms with Crippen molar-refractivity contribution < 1.29 is 23.0 Å². The van der Waals surface area contributed by atoms with Gasteiger partial charge >= 0.3 is 6.61 Å². The predicted molar refractivity (Wildman–Crippen MR) is 101 cm³/mol. The third kappa shape index (κ3) is 4.87. The van der Waals surface area contributed by atoms with Crippen LogP contribution in [0.1, 0.15) is 35.1 Å². The van der Waals surface area contributed by atoms with Crippen molar-refractivity contribution in [1.29, 1.82) is 0 Å². The summed E-state index contributed by atoms with van der Waals surface area (Å²) in [6.07, 6.45) is 1.79. The number of nitrogens with zero attached hydrogens (tertiary/aromatic N) is 3. The van der Waals surface area contributed by atoms with Crippen LogP contribution in [0.3, 0.4) is 0 Å². The molecule has 0 spiro atoms. The number of methoxy groups -OCH3 is 1. The van der Waals surface area contributed by atoms with E-state index in [9.17, 15) is 13.6 Å². The van der Waals surface area contributed by atoms with Crippen molar-refractivity contribution in [3.05, 3.63) is 29.6 Å². The van der Waals surface area contributed by atoms with Crippen LogP contribution < -0.4 is 20.1 Å². The Morgan fingerprint density at radius 1 is 1.36 bits per heavy atom. The lowest BCUT2D eigenvalue weighted by molar-refractivity contribution is -0.0494.